The quantitative estimate of drug-likeness (QED) is 0.235. The van der Waals surface area contributed by atoms with Crippen molar-refractivity contribution in [3.05, 3.63) is 12.8 Å². The Balaban J connectivity index is 0. The molecule has 0 N–H and O–H groups in total. The van der Waals surface area contributed by atoms with Gasteiger partial charge in [-0.15, -0.1) is 0 Å². The maximum absolute atomic E-state index is 9.38. The van der Waals surface area contributed by atoms with E-state index in [1.54, 1.807) is 0 Å². The van der Waals surface area contributed by atoms with Crippen molar-refractivity contribution in [2.45, 2.75) is 0 Å². The smallest absolute Gasteiger partial charge is 0.771 e. The van der Waals surface area contributed by atoms with Crippen molar-refractivity contribution in [1.29, 1.82) is 0 Å². The van der Waals surface area contributed by atoms with Crippen LogP contribution in [0.4, 0.5) is 0 Å². The van der Waals surface area contributed by atoms with Crippen molar-refractivity contribution < 1.29 is 65.4 Å². The fourth-order valence-corrected chi connectivity index (χ4v) is 0.204. The van der Waals surface area contributed by atoms with Crippen LogP contribution < -0.4 is 56.3 Å². The van der Waals surface area contributed by atoms with E-state index in [1.165, 1.54) is 0 Å². The van der Waals surface area contributed by atoms with Crippen molar-refractivity contribution in [1.82, 2.24) is 0 Å². The van der Waals surface area contributed by atoms with E-state index < -0.39 is 8.25 Å². The third-order valence-corrected chi connectivity index (χ3v) is 0.539. The Hall–Kier alpha value is 1.37. The Morgan fingerprint density at radius 1 is 1.86 bits per heavy atom. The molecule has 0 radical (unpaired) electrons. The molecule has 3 nitrogen and oxygen atoms in total. The van der Waals surface area contributed by atoms with Crippen LogP contribution in [0.25, 0.3) is 0 Å². The van der Waals surface area contributed by atoms with Gasteiger partial charge in [0.25, 0.3) is 0 Å². The maximum Gasteiger partial charge on any atom is 1.00 e. The van der Waals surface area contributed by atoms with Crippen LogP contribution >= 0.6 is 8.25 Å². The van der Waals surface area contributed by atoms with Crippen LogP contribution in [0.1, 0.15) is 0 Å². The molecule has 0 spiro atoms. The Bertz CT molecular complexity index is 73.3. The van der Waals surface area contributed by atoms with Crippen LogP contribution in [0.2, 0.25) is 0 Å². The molecule has 0 aliphatic rings. The minimum atomic E-state index is -3.00. The molecule has 36 valence electrons. The largest absolute Gasteiger partial charge is 1.00 e. The molecule has 0 aromatic heterocycles. The molecule has 0 aromatic rings. The first kappa shape index (κ1) is 11.2. The van der Waals surface area contributed by atoms with Gasteiger partial charge >= 0.3 is 51.4 Å². The standard InChI is InChI=1S/C2H5O3P.K/c1-2-5-6(3)4;/h2,6H,1H2,(H,3,4);/q;+1/p-1. The molecule has 1 atom stereocenters. The summed E-state index contributed by atoms with van der Waals surface area (Å²) in [6.45, 7) is 3.00. The van der Waals surface area contributed by atoms with Gasteiger partial charge in [-0.1, -0.05) is 6.58 Å². The summed E-state index contributed by atoms with van der Waals surface area (Å²) in [7, 11) is -3.00. The SMILES string of the molecule is C=CO[PH](=O)[O-].[K+]. The summed E-state index contributed by atoms with van der Waals surface area (Å²) in [6.07, 6.45) is 0.869. The van der Waals surface area contributed by atoms with Crippen LogP contribution in [0, 0.1) is 0 Å². The van der Waals surface area contributed by atoms with Crippen molar-refractivity contribution >= 4 is 8.25 Å². The molecule has 0 aromatic carbocycles. The molecule has 0 aliphatic heterocycles. The second kappa shape index (κ2) is 7.37. The Morgan fingerprint density at radius 2 is 2.29 bits per heavy atom. The summed E-state index contributed by atoms with van der Waals surface area (Å²) in [5.74, 6) is 0. The molecular weight excluding hydrogens is 142 g/mol. The van der Waals surface area contributed by atoms with Gasteiger partial charge in [-0.05, 0) is 0 Å². The van der Waals surface area contributed by atoms with Crippen LogP contribution in [0.5, 0.6) is 0 Å². The summed E-state index contributed by atoms with van der Waals surface area (Å²) >= 11 is 0. The topological polar surface area (TPSA) is 49.4 Å². The molecule has 0 aliphatic carbocycles. The third-order valence-electron chi connectivity index (χ3n) is 0.180. The molecule has 7 heavy (non-hydrogen) atoms. The molecule has 0 amide bonds. The zero-order valence-electron chi connectivity index (χ0n) is 4.01. The summed E-state index contributed by atoms with van der Waals surface area (Å²) < 4.78 is 13.2. The molecule has 0 fully saturated rings. The molecular formula is C2H4KO3P. The Labute approximate surface area is 85.1 Å². The van der Waals surface area contributed by atoms with Gasteiger partial charge in [-0.3, -0.25) is 4.57 Å². The first-order valence-corrected chi connectivity index (χ1v) is 2.48. The van der Waals surface area contributed by atoms with Crippen LogP contribution in [0.15, 0.2) is 12.8 Å². The van der Waals surface area contributed by atoms with E-state index >= 15 is 0 Å². The first-order chi connectivity index (χ1) is 2.77. The van der Waals surface area contributed by atoms with Gasteiger partial charge in [0.1, 0.15) is 0 Å². The van der Waals surface area contributed by atoms with Crippen molar-refractivity contribution in [3.8, 4) is 0 Å². The van der Waals surface area contributed by atoms with Gasteiger partial charge < -0.3 is 9.42 Å². The summed E-state index contributed by atoms with van der Waals surface area (Å²) in [4.78, 5) is 9.38. The predicted octanol–water partition coefficient (Wildman–Crippen LogP) is -3.10. The van der Waals surface area contributed by atoms with E-state index in [9.17, 15) is 9.46 Å². The number of hydrogen-bond donors (Lipinski definition) is 0. The van der Waals surface area contributed by atoms with Crippen LogP contribution in [0.3, 0.4) is 0 Å². The van der Waals surface area contributed by atoms with E-state index in [2.05, 4.69) is 11.1 Å². The van der Waals surface area contributed by atoms with Crippen molar-refractivity contribution in [2.24, 2.45) is 0 Å². The van der Waals surface area contributed by atoms with Gasteiger partial charge in [0.05, 0.1) is 6.26 Å². The minimum Gasteiger partial charge on any atom is -0.771 e. The summed E-state index contributed by atoms with van der Waals surface area (Å²) in [5, 5.41) is 0. The normalized spacial score (nSPS) is 11.0. The average molecular weight is 146 g/mol. The third kappa shape index (κ3) is 11.1. The predicted molar refractivity (Wildman–Crippen MR) is 20.3 cm³/mol. The van der Waals surface area contributed by atoms with Gasteiger partial charge in [-0.25, -0.2) is 0 Å². The van der Waals surface area contributed by atoms with Gasteiger partial charge in [0, 0.05) is 0 Å². The Kier molecular flexibility index (Phi) is 11.8. The second-order valence-corrected chi connectivity index (χ2v) is 1.27. The van der Waals surface area contributed by atoms with Gasteiger partial charge in [0.2, 0.25) is 0 Å². The van der Waals surface area contributed by atoms with E-state index in [1.807, 2.05) is 0 Å². The fourth-order valence-electron chi connectivity index (χ4n) is 0.0680. The summed E-state index contributed by atoms with van der Waals surface area (Å²) in [5.41, 5.74) is 0. The zero-order chi connectivity index (χ0) is 4.99. The van der Waals surface area contributed by atoms with E-state index in [-0.39, 0.29) is 51.4 Å². The van der Waals surface area contributed by atoms with E-state index in [0.717, 1.165) is 6.26 Å². The van der Waals surface area contributed by atoms with E-state index in [0.29, 0.717) is 0 Å². The van der Waals surface area contributed by atoms with Crippen molar-refractivity contribution in [2.75, 3.05) is 0 Å². The molecule has 0 bridgehead atoms. The number of hydrogen-bond acceptors (Lipinski definition) is 3. The van der Waals surface area contributed by atoms with Crippen LogP contribution in [-0.2, 0) is 9.09 Å². The molecule has 5 heteroatoms. The van der Waals surface area contributed by atoms with E-state index in [4.69, 9.17) is 0 Å². The van der Waals surface area contributed by atoms with Crippen LogP contribution in [-0.4, -0.2) is 0 Å². The molecule has 0 heterocycles. The molecule has 0 saturated heterocycles. The first-order valence-electron chi connectivity index (χ1n) is 1.26. The molecule has 1 unspecified atom stereocenters. The summed E-state index contributed by atoms with van der Waals surface area (Å²) in [6, 6.07) is 0. The zero-order valence-corrected chi connectivity index (χ0v) is 8.13. The fraction of sp³-hybridized carbons (Fsp3) is 0. The minimum absolute atomic E-state index is 0. The second-order valence-electron chi connectivity index (χ2n) is 0.535. The monoisotopic (exact) mass is 146 g/mol. The molecule has 0 rings (SSSR count). The average Bonchev–Trinajstić information content (AvgIpc) is 1.35. The number of rotatable bonds is 2. The van der Waals surface area contributed by atoms with Gasteiger partial charge in [-0.2, -0.15) is 0 Å². The maximum atomic E-state index is 9.38. The van der Waals surface area contributed by atoms with Gasteiger partial charge in [0.15, 0.2) is 8.25 Å². The Morgan fingerprint density at radius 3 is 2.29 bits per heavy atom. The molecule has 0 saturated carbocycles. The van der Waals surface area contributed by atoms with Crippen molar-refractivity contribution in [3.63, 3.8) is 0 Å².